The first kappa shape index (κ1) is 15.1. The molecule has 0 saturated heterocycles. The van der Waals surface area contributed by atoms with Gasteiger partial charge in [0.1, 0.15) is 17.3 Å². The molecule has 0 radical (unpaired) electrons. The number of aromatic amines is 1. The van der Waals surface area contributed by atoms with Crippen LogP contribution in [0.4, 0.5) is 19.0 Å². The summed E-state index contributed by atoms with van der Waals surface area (Å²) in [5.74, 6) is -0.305. The first-order valence-electron chi connectivity index (χ1n) is 6.00. The van der Waals surface area contributed by atoms with Crippen molar-refractivity contribution in [3.8, 4) is 0 Å². The Morgan fingerprint density at radius 2 is 2.15 bits per heavy atom. The van der Waals surface area contributed by atoms with Gasteiger partial charge in [0.05, 0.1) is 6.20 Å². The van der Waals surface area contributed by atoms with Crippen LogP contribution in [0, 0.1) is 5.92 Å². The number of H-pyrrole nitrogens is 1. The number of hydrogen-bond acceptors (Lipinski definition) is 4. The summed E-state index contributed by atoms with van der Waals surface area (Å²) >= 11 is 0. The topological polar surface area (TPSA) is 92.1 Å². The predicted octanol–water partition coefficient (Wildman–Crippen LogP) is 1.34. The average molecular weight is 312 g/mol. The molecule has 1 atom stereocenters. The molecule has 114 valence electrons. The third kappa shape index (κ3) is 3.06. The van der Waals surface area contributed by atoms with Crippen molar-refractivity contribution >= 4 is 15.8 Å². The van der Waals surface area contributed by atoms with Crippen molar-refractivity contribution in [3.63, 3.8) is 0 Å². The van der Waals surface area contributed by atoms with E-state index >= 15 is 0 Å². The Balaban J connectivity index is 2.37. The molecule has 20 heavy (non-hydrogen) atoms. The Morgan fingerprint density at radius 1 is 1.55 bits per heavy atom. The molecule has 6 nitrogen and oxygen atoms in total. The zero-order chi connectivity index (χ0) is 15.1. The van der Waals surface area contributed by atoms with Gasteiger partial charge in [-0.05, 0) is 25.7 Å². The Labute approximate surface area is 114 Å². The summed E-state index contributed by atoms with van der Waals surface area (Å²) in [5.41, 5.74) is 5.41. The summed E-state index contributed by atoms with van der Waals surface area (Å²) < 4.78 is 63.2. The fourth-order valence-corrected chi connectivity index (χ4v) is 3.74. The minimum Gasteiger partial charge on any atom is -0.383 e. The third-order valence-corrected chi connectivity index (χ3v) is 5.27. The minimum absolute atomic E-state index is 0.0414. The number of nitrogens with zero attached hydrogens (tertiary/aromatic N) is 2. The van der Waals surface area contributed by atoms with Crippen molar-refractivity contribution in [2.75, 3.05) is 12.3 Å². The van der Waals surface area contributed by atoms with Gasteiger partial charge >= 0.3 is 6.18 Å². The molecule has 2 rings (SSSR count). The van der Waals surface area contributed by atoms with Gasteiger partial charge in [0.2, 0.25) is 10.0 Å². The second-order valence-corrected chi connectivity index (χ2v) is 6.75. The fraction of sp³-hybridized carbons (Fsp3) is 0.700. The largest absolute Gasteiger partial charge is 0.402 e. The van der Waals surface area contributed by atoms with Gasteiger partial charge in [-0.2, -0.15) is 22.6 Å². The van der Waals surface area contributed by atoms with Crippen LogP contribution in [0.25, 0.3) is 0 Å². The Morgan fingerprint density at radius 3 is 2.55 bits per heavy atom. The maximum absolute atomic E-state index is 12.7. The molecule has 0 bridgehead atoms. The van der Waals surface area contributed by atoms with E-state index in [-0.39, 0.29) is 11.7 Å². The normalized spacial score (nSPS) is 18.4. The maximum atomic E-state index is 12.7. The molecular weight excluding hydrogens is 297 g/mol. The molecule has 1 aromatic rings. The Bertz CT molecular complexity index is 580. The number of aromatic nitrogens is 2. The first-order chi connectivity index (χ1) is 9.13. The lowest BCUT2D eigenvalue weighted by atomic mass is 10.2. The molecule has 1 fully saturated rings. The standard InChI is InChI=1S/C10H15F3N4O2S/c1-6(7-2-3-7)17(5-10(11,12)13)20(18,19)8-4-15-16-9(8)14/h4,6-7H,2-3,5H2,1H3,(H3,14,15,16). The summed E-state index contributed by atoms with van der Waals surface area (Å²) in [6, 6.07) is -0.726. The van der Waals surface area contributed by atoms with Gasteiger partial charge < -0.3 is 5.73 Å². The van der Waals surface area contributed by atoms with Crippen LogP contribution in [0.5, 0.6) is 0 Å². The number of anilines is 1. The zero-order valence-corrected chi connectivity index (χ0v) is 11.5. The second kappa shape index (κ2) is 4.92. The Hall–Kier alpha value is -1.29. The van der Waals surface area contributed by atoms with Crippen LogP contribution >= 0.6 is 0 Å². The lowest BCUT2D eigenvalue weighted by Gasteiger charge is -2.28. The quantitative estimate of drug-likeness (QED) is 0.858. The maximum Gasteiger partial charge on any atom is 0.402 e. The van der Waals surface area contributed by atoms with Gasteiger partial charge in [-0.25, -0.2) is 8.42 Å². The fourth-order valence-electron chi connectivity index (χ4n) is 2.06. The van der Waals surface area contributed by atoms with E-state index in [4.69, 9.17) is 5.73 Å². The number of sulfonamides is 1. The SMILES string of the molecule is CC(C1CC1)N(CC(F)(F)F)S(=O)(=O)c1cn[nH]c1N. The van der Waals surface area contributed by atoms with Gasteiger partial charge in [-0.15, -0.1) is 0 Å². The molecule has 1 aromatic heterocycles. The van der Waals surface area contributed by atoms with Crippen molar-refractivity contribution in [3.05, 3.63) is 6.20 Å². The van der Waals surface area contributed by atoms with Crippen molar-refractivity contribution in [1.29, 1.82) is 0 Å². The minimum atomic E-state index is -4.62. The molecule has 0 aliphatic heterocycles. The highest BCUT2D eigenvalue weighted by Gasteiger charge is 2.44. The van der Waals surface area contributed by atoms with Crippen LogP contribution in [0.2, 0.25) is 0 Å². The molecule has 1 unspecified atom stereocenters. The second-order valence-electron chi connectivity index (χ2n) is 4.89. The number of nitrogen functional groups attached to an aromatic ring is 1. The number of nitrogens with two attached hydrogens (primary N) is 1. The van der Waals surface area contributed by atoms with E-state index in [1.54, 1.807) is 0 Å². The van der Waals surface area contributed by atoms with Gasteiger partial charge in [0.15, 0.2) is 0 Å². The first-order valence-corrected chi connectivity index (χ1v) is 7.44. The summed E-state index contributed by atoms with van der Waals surface area (Å²) in [7, 11) is -4.33. The number of alkyl halides is 3. The van der Waals surface area contributed by atoms with Crippen LogP contribution in [0.15, 0.2) is 11.1 Å². The van der Waals surface area contributed by atoms with Crippen LogP contribution < -0.4 is 5.73 Å². The summed E-state index contributed by atoms with van der Waals surface area (Å²) in [6.07, 6.45) is -2.24. The molecular formula is C10H15F3N4O2S. The highest BCUT2D eigenvalue weighted by atomic mass is 32.2. The molecule has 1 aliphatic carbocycles. The van der Waals surface area contributed by atoms with Crippen molar-refractivity contribution in [1.82, 2.24) is 14.5 Å². The number of hydrogen-bond donors (Lipinski definition) is 2. The molecule has 0 spiro atoms. The molecule has 1 heterocycles. The third-order valence-electron chi connectivity index (χ3n) is 3.31. The van der Waals surface area contributed by atoms with Crippen LogP contribution in [-0.4, -0.2) is 41.7 Å². The molecule has 1 aliphatic rings. The van der Waals surface area contributed by atoms with Crippen LogP contribution in [0.3, 0.4) is 0 Å². The van der Waals surface area contributed by atoms with E-state index < -0.39 is 33.7 Å². The van der Waals surface area contributed by atoms with Crippen molar-refractivity contribution in [2.45, 2.75) is 36.9 Å². The Kier molecular flexibility index (Phi) is 3.71. The monoisotopic (exact) mass is 312 g/mol. The highest BCUT2D eigenvalue weighted by Crippen LogP contribution is 2.38. The molecule has 1 saturated carbocycles. The highest BCUT2D eigenvalue weighted by molar-refractivity contribution is 7.89. The average Bonchev–Trinajstić information content (AvgIpc) is 3.06. The smallest absolute Gasteiger partial charge is 0.383 e. The van der Waals surface area contributed by atoms with Crippen LogP contribution in [0.1, 0.15) is 19.8 Å². The molecule has 10 heteroatoms. The number of rotatable bonds is 5. The lowest BCUT2D eigenvalue weighted by Crippen LogP contribution is -2.45. The van der Waals surface area contributed by atoms with E-state index in [2.05, 4.69) is 10.2 Å². The molecule has 0 aromatic carbocycles. The van der Waals surface area contributed by atoms with Crippen molar-refractivity contribution < 1.29 is 21.6 Å². The number of nitrogens with one attached hydrogen (secondary N) is 1. The van der Waals surface area contributed by atoms with Gasteiger partial charge in [0, 0.05) is 6.04 Å². The number of halogens is 3. The van der Waals surface area contributed by atoms with E-state index in [1.807, 2.05) is 0 Å². The van der Waals surface area contributed by atoms with Gasteiger partial charge in [0.25, 0.3) is 0 Å². The van der Waals surface area contributed by atoms with E-state index in [1.165, 1.54) is 6.92 Å². The zero-order valence-electron chi connectivity index (χ0n) is 10.7. The van der Waals surface area contributed by atoms with E-state index in [0.717, 1.165) is 19.0 Å². The summed E-state index contributed by atoms with van der Waals surface area (Å²) in [4.78, 5) is -0.422. The summed E-state index contributed by atoms with van der Waals surface area (Å²) in [5, 5.41) is 5.67. The summed E-state index contributed by atoms with van der Waals surface area (Å²) in [6.45, 7) is -0.0468. The van der Waals surface area contributed by atoms with E-state index in [9.17, 15) is 21.6 Å². The van der Waals surface area contributed by atoms with Gasteiger partial charge in [-0.3, -0.25) is 5.10 Å². The van der Waals surface area contributed by atoms with Crippen LogP contribution in [-0.2, 0) is 10.0 Å². The lowest BCUT2D eigenvalue weighted by molar-refractivity contribution is -0.139. The predicted molar refractivity (Wildman–Crippen MR) is 65.1 cm³/mol. The molecule has 3 N–H and O–H groups in total. The molecule has 0 amide bonds. The van der Waals surface area contributed by atoms with E-state index in [0.29, 0.717) is 4.31 Å². The van der Waals surface area contributed by atoms with Gasteiger partial charge in [-0.1, -0.05) is 0 Å². The van der Waals surface area contributed by atoms with Crippen molar-refractivity contribution in [2.24, 2.45) is 5.92 Å².